The number of nitrogens with one attached hydrogen (secondary N) is 2. The molecule has 1 heterocycles. The highest BCUT2D eigenvalue weighted by atomic mass is 16.1. The number of nitrogens with zero attached hydrogens (tertiary/aromatic N) is 1. The maximum atomic E-state index is 11.7. The van der Waals surface area contributed by atoms with E-state index in [1.165, 1.54) is 0 Å². The van der Waals surface area contributed by atoms with Crippen LogP contribution < -0.4 is 10.6 Å². The molecule has 23 heavy (non-hydrogen) atoms. The quantitative estimate of drug-likeness (QED) is 0.825. The lowest BCUT2D eigenvalue weighted by atomic mass is 10.00. The monoisotopic (exact) mass is 311 g/mol. The van der Waals surface area contributed by atoms with E-state index < -0.39 is 0 Å². The number of hydrogen-bond donors (Lipinski definition) is 2. The molecule has 0 aliphatic rings. The molecule has 0 spiro atoms. The van der Waals surface area contributed by atoms with Crippen molar-refractivity contribution in [2.24, 2.45) is 5.92 Å². The number of benzene rings is 1. The summed E-state index contributed by atoms with van der Waals surface area (Å²) in [5.41, 5.74) is 2.84. The standard InChI is InChI=1S/C19H25N3O/c1-14(2)11-18(17-9-4-5-10-21-17)22-13-15-7-6-8-16(12-15)19(23)20-3/h4-10,12,14,18,22H,11,13H2,1-3H3,(H,20,23)/t18-/m0/s1. The lowest BCUT2D eigenvalue weighted by Gasteiger charge is -2.20. The van der Waals surface area contributed by atoms with Gasteiger partial charge in [0.25, 0.3) is 5.91 Å². The Morgan fingerprint density at radius 1 is 1.17 bits per heavy atom. The Hall–Kier alpha value is -2.20. The van der Waals surface area contributed by atoms with Crippen molar-refractivity contribution in [1.82, 2.24) is 15.6 Å². The largest absolute Gasteiger partial charge is 0.355 e. The van der Waals surface area contributed by atoms with Gasteiger partial charge >= 0.3 is 0 Å². The molecular weight excluding hydrogens is 286 g/mol. The molecule has 2 N–H and O–H groups in total. The van der Waals surface area contributed by atoms with Crippen molar-refractivity contribution in [3.63, 3.8) is 0 Å². The van der Waals surface area contributed by atoms with Crippen LogP contribution in [0.2, 0.25) is 0 Å². The minimum Gasteiger partial charge on any atom is -0.355 e. The summed E-state index contributed by atoms with van der Waals surface area (Å²) in [5, 5.41) is 6.23. The second kappa shape index (κ2) is 8.44. The van der Waals surface area contributed by atoms with Crippen molar-refractivity contribution in [2.75, 3.05) is 7.05 Å². The van der Waals surface area contributed by atoms with Gasteiger partial charge in [0, 0.05) is 31.4 Å². The van der Waals surface area contributed by atoms with Crippen LogP contribution in [0.5, 0.6) is 0 Å². The van der Waals surface area contributed by atoms with Crippen molar-refractivity contribution in [2.45, 2.75) is 32.9 Å². The fraction of sp³-hybridized carbons (Fsp3) is 0.368. The van der Waals surface area contributed by atoms with Gasteiger partial charge in [-0.15, -0.1) is 0 Å². The number of pyridine rings is 1. The van der Waals surface area contributed by atoms with Gasteiger partial charge in [-0.2, -0.15) is 0 Å². The molecule has 1 amide bonds. The van der Waals surface area contributed by atoms with E-state index in [-0.39, 0.29) is 11.9 Å². The fourth-order valence-corrected chi connectivity index (χ4v) is 2.57. The van der Waals surface area contributed by atoms with E-state index in [1.807, 2.05) is 42.6 Å². The molecule has 0 saturated carbocycles. The lowest BCUT2D eigenvalue weighted by molar-refractivity contribution is 0.0963. The third-order valence-electron chi connectivity index (χ3n) is 3.72. The van der Waals surface area contributed by atoms with Gasteiger partial charge in [-0.3, -0.25) is 9.78 Å². The molecule has 0 aliphatic carbocycles. The van der Waals surface area contributed by atoms with Crippen LogP contribution in [0.15, 0.2) is 48.7 Å². The van der Waals surface area contributed by atoms with Gasteiger partial charge in [0.05, 0.1) is 5.69 Å². The van der Waals surface area contributed by atoms with Crippen molar-refractivity contribution in [3.05, 3.63) is 65.5 Å². The third kappa shape index (κ3) is 5.18. The summed E-state index contributed by atoms with van der Waals surface area (Å²) in [6.45, 7) is 5.13. The van der Waals surface area contributed by atoms with Crippen LogP contribution in [0.4, 0.5) is 0 Å². The van der Waals surface area contributed by atoms with E-state index >= 15 is 0 Å². The molecule has 4 nitrogen and oxygen atoms in total. The molecule has 0 aliphatic heterocycles. The predicted molar refractivity (Wildman–Crippen MR) is 93.1 cm³/mol. The molecule has 2 aromatic rings. The van der Waals surface area contributed by atoms with Crippen molar-refractivity contribution < 1.29 is 4.79 Å². The molecule has 1 aromatic carbocycles. The number of carbonyl (C=O) groups excluding carboxylic acids is 1. The van der Waals surface area contributed by atoms with E-state index in [2.05, 4.69) is 35.5 Å². The van der Waals surface area contributed by atoms with Crippen LogP contribution in [0.25, 0.3) is 0 Å². The van der Waals surface area contributed by atoms with Crippen molar-refractivity contribution in [1.29, 1.82) is 0 Å². The summed E-state index contributed by atoms with van der Waals surface area (Å²) in [7, 11) is 1.65. The first-order valence-corrected chi connectivity index (χ1v) is 8.05. The number of carbonyl (C=O) groups is 1. The highest BCUT2D eigenvalue weighted by molar-refractivity contribution is 5.94. The van der Waals surface area contributed by atoms with Crippen molar-refractivity contribution in [3.8, 4) is 0 Å². The minimum absolute atomic E-state index is 0.0599. The van der Waals surface area contributed by atoms with E-state index in [0.717, 1.165) is 17.7 Å². The second-order valence-corrected chi connectivity index (χ2v) is 6.10. The first kappa shape index (κ1) is 17.2. The molecule has 122 valence electrons. The molecule has 0 fully saturated rings. The lowest BCUT2D eigenvalue weighted by Crippen LogP contribution is -2.24. The van der Waals surface area contributed by atoms with Crippen LogP contribution in [0, 0.1) is 5.92 Å². The molecule has 0 saturated heterocycles. The van der Waals surface area contributed by atoms with Crippen molar-refractivity contribution >= 4 is 5.91 Å². The molecule has 1 aromatic heterocycles. The highest BCUT2D eigenvalue weighted by Gasteiger charge is 2.14. The van der Waals surface area contributed by atoms with Gasteiger partial charge in [0.15, 0.2) is 0 Å². The average molecular weight is 311 g/mol. The summed E-state index contributed by atoms with van der Waals surface area (Å²) in [4.78, 5) is 16.2. The molecule has 1 atom stereocenters. The van der Waals surface area contributed by atoms with Gasteiger partial charge in [-0.05, 0) is 42.2 Å². The van der Waals surface area contributed by atoms with E-state index in [0.29, 0.717) is 18.0 Å². The Bertz CT molecular complexity index is 626. The Labute approximate surface area is 138 Å². The fourth-order valence-electron chi connectivity index (χ4n) is 2.57. The molecule has 4 heteroatoms. The zero-order chi connectivity index (χ0) is 16.7. The van der Waals surface area contributed by atoms with Crippen LogP contribution >= 0.6 is 0 Å². The average Bonchev–Trinajstić information content (AvgIpc) is 2.58. The summed E-state index contributed by atoms with van der Waals surface area (Å²) in [5.74, 6) is 0.516. The van der Waals surface area contributed by atoms with Crippen LogP contribution in [0.3, 0.4) is 0 Å². The molecule has 0 bridgehead atoms. The number of rotatable bonds is 7. The van der Waals surface area contributed by atoms with E-state index in [4.69, 9.17) is 0 Å². The Kier molecular flexibility index (Phi) is 6.29. The topological polar surface area (TPSA) is 54.0 Å². The van der Waals surface area contributed by atoms with E-state index in [1.54, 1.807) is 7.05 Å². The van der Waals surface area contributed by atoms with Gasteiger partial charge in [0.2, 0.25) is 0 Å². The maximum Gasteiger partial charge on any atom is 0.251 e. The maximum absolute atomic E-state index is 11.7. The number of aromatic nitrogens is 1. The molecule has 2 rings (SSSR count). The predicted octanol–water partition coefficient (Wildman–Crippen LogP) is 3.32. The van der Waals surface area contributed by atoms with Crippen LogP contribution in [-0.4, -0.2) is 17.9 Å². The second-order valence-electron chi connectivity index (χ2n) is 6.10. The first-order valence-electron chi connectivity index (χ1n) is 8.05. The van der Waals surface area contributed by atoms with Gasteiger partial charge in [-0.25, -0.2) is 0 Å². The van der Waals surface area contributed by atoms with Crippen LogP contribution in [-0.2, 0) is 6.54 Å². The third-order valence-corrected chi connectivity index (χ3v) is 3.72. The smallest absolute Gasteiger partial charge is 0.251 e. The first-order chi connectivity index (χ1) is 11.1. The molecule has 0 unspecified atom stereocenters. The minimum atomic E-state index is -0.0599. The van der Waals surface area contributed by atoms with Gasteiger partial charge in [0.1, 0.15) is 0 Å². The number of amides is 1. The highest BCUT2D eigenvalue weighted by Crippen LogP contribution is 2.20. The van der Waals surface area contributed by atoms with E-state index in [9.17, 15) is 4.79 Å². The molecular formula is C19H25N3O. The Morgan fingerprint density at radius 3 is 2.65 bits per heavy atom. The van der Waals surface area contributed by atoms with Crippen LogP contribution in [0.1, 0.15) is 47.9 Å². The summed E-state index contributed by atoms with van der Waals surface area (Å²) in [6, 6.07) is 13.9. The zero-order valence-electron chi connectivity index (χ0n) is 14.0. The normalized spacial score (nSPS) is 12.2. The molecule has 0 radical (unpaired) electrons. The van der Waals surface area contributed by atoms with Gasteiger partial charge in [-0.1, -0.05) is 32.0 Å². The zero-order valence-corrected chi connectivity index (χ0v) is 14.0. The Morgan fingerprint density at radius 2 is 2.00 bits per heavy atom. The summed E-state index contributed by atoms with van der Waals surface area (Å²) >= 11 is 0. The summed E-state index contributed by atoms with van der Waals surface area (Å²) in [6.07, 6.45) is 2.85. The Balaban J connectivity index is 2.08. The van der Waals surface area contributed by atoms with Gasteiger partial charge < -0.3 is 10.6 Å². The number of hydrogen-bond acceptors (Lipinski definition) is 3. The summed E-state index contributed by atoms with van der Waals surface area (Å²) < 4.78 is 0. The SMILES string of the molecule is CNC(=O)c1cccc(CN[C@@H](CC(C)C)c2ccccn2)c1.